The second-order valence-electron chi connectivity index (χ2n) is 9.91. The molecule has 5 fully saturated rings. The number of amides is 1. The van der Waals surface area contributed by atoms with E-state index in [0.29, 0.717) is 17.8 Å². The second kappa shape index (κ2) is 7.54. The van der Waals surface area contributed by atoms with Crippen molar-refractivity contribution in [2.45, 2.75) is 76.5 Å². The lowest BCUT2D eigenvalue weighted by molar-refractivity contribution is -0.149. The SMILES string of the molecule is CNc1ccc(OC2CC2)c(F)c1C(=N)C(C)CC(=O)N1C2CC3CC(C2)CC1C3. The molecule has 1 atom stereocenters. The van der Waals surface area contributed by atoms with Gasteiger partial charge < -0.3 is 20.4 Å². The van der Waals surface area contributed by atoms with Crippen LogP contribution in [0.4, 0.5) is 10.1 Å². The van der Waals surface area contributed by atoms with E-state index in [1.54, 1.807) is 19.2 Å². The molecule has 0 radical (unpaired) electrons. The van der Waals surface area contributed by atoms with Gasteiger partial charge in [0, 0.05) is 42.9 Å². The lowest BCUT2D eigenvalue weighted by Gasteiger charge is -2.56. The van der Waals surface area contributed by atoms with Crippen molar-refractivity contribution in [3.05, 3.63) is 23.5 Å². The maximum Gasteiger partial charge on any atom is 0.223 e. The van der Waals surface area contributed by atoms with Crippen LogP contribution < -0.4 is 10.1 Å². The van der Waals surface area contributed by atoms with E-state index in [0.717, 1.165) is 50.4 Å². The number of halogens is 1. The van der Waals surface area contributed by atoms with E-state index < -0.39 is 5.82 Å². The van der Waals surface area contributed by atoms with E-state index in [1.165, 1.54) is 6.42 Å². The molecule has 5 nitrogen and oxygen atoms in total. The molecule has 5 aliphatic rings. The van der Waals surface area contributed by atoms with E-state index in [2.05, 4.69) is 10.2 Å². The van der Waals surface area contributed by atoms with Gasteiger partial charge in [-0.2, -0.15) is 0 Å². The first-order valence-corrected chi connectivity index (χ1v) is 11.5. The molecule has 2 N–H and O–H groups in total. The third-order valence-corrected chi connectivity index (χ3v) is 7.60. The summed E-state index contributed by atoms with van der Waals surface area (Å²) in [6.45, 7) is 1.87. The van der Waals surface area contributed by atoms with Crippen molar-refractivity contribution in [3.8, 4) is 5.75 Å². The van der Waals surface area contributed by atoms with Crippen molar-refractivity contribution < 1.29 is 13.9 Å². The van der Waals surface area contributed by atoms with Crippen LogP contribution in [0, 0.1) is 29.0 Å². The molecule has 3 aliphatic carbocycles. The van der Waals surface area contributed by atoms with Crippen molar-refractivity contribution in [2.75, 3.05) is 12.4 Å². The molecule has 0 aromatic heterocycles. The fourth-order valence-corrected chi connectivity index (χ4v) is 6.14. The Hall–Kier alpha value is -2.11. The third-order valence-electron chi connectivity index (χ3n) is 7.60. The van der Waals surface area contributed by atoms with Crippen LogP contribution in [0.1, 0.15) is 63.9 Å². The Kier molecular flexibility index (Phi) is 4.98. The molecule has 4 bridgehead atoms. The topological polar surface area (TPSA) is 65.4 Å². The van der Waals surface area contributed by atoms with Crippen LogP contribution in [0.5, 0.6) is 5.75 Å². The molecule has 6 heteroatoms. The molecule has 6 rings (SSSR count). The Bertz CT molecular complexity index is 838. The Morgan fingerprint density at radius 3 is 2.40 bits per heavy atom. The minimum atomic E-state index is -0.493. The fraction of sp³-hybridized carbons (Fsp3) is 0.667. The van der Waals surface area contributed by atoms with Gasteiger partial charge in [-0.1, -0.05) is 6.92 Å². The lowest BCUT2D eigenvalue weighted by Crippen LogP contribution is -2.60. The minimum Gasteiger partial charge on any atom is -0.487 e. The molecule has 1 amide bonds. The average Bonchev–Trinajstić information content (AvgIpc) is 3.52. The third kappa shape index (κ3) is 3.48. The summed E-state index contributed by atoms with van der Waals surface area (Å²) in [6, 6.07) is 4.16. The van der Waals surface area contributed by atoms with Crippen LogP contribution in [0.3, 0.4) is 0 Å². The van der Waals surface area contributed by atoms with Gasteiger partial charge in [0.25, 0.3) is 0 Å². The number of nitrogens with zero attached hydrogens (tertiary/aromatic N) is 1. The number of rotatable bonds is 7. The zero-order valence-corrected chi connectivity index (χ0v) is 17.9. The summed E-state index contributed by atoms with van der Waals surface area (Å²) >= 11 is 0. The summed E-state index contributed by atoms with van der Waals surface area (Å²) < 4.78 is 20.9. The molecule has 0 spiro atoms. The summed E-state index contributed by atoms with van der Waals surface area (Å²) in [5.74, 6) is 1.10. The second-order valence-corrected chi connectivity index (χ2v) is 9.91. The molecular weight excluding hydrogens is 381 g/mol. The van der Waals surface area contributed by atoms with Gasteiger partial charge in [0.2, 0.25) is 5.91 Å². The smallest absolute Gasteiger partial charge is 0.223 e. The monoisotopic (exact) mass is 413 g/mol. The van der Waals surface area contributed by atoms with E-state index in [1.807, 2.05) is 6.92 Å². The van der Waals surface area contributed by atoms with Crippen LogP contribution >= 0.6 is 0 Å². The predicted octanol–water partition coefficient (Wildman–Crippen LogP) is 4.59. The van der Waals surface area contributed by atoms with Crippen molar-refractivity contribution in [1.29, 1.82) is 5.41 Å². The maximum absolute atomic E-state index is 15.2. The molecule has 2 heterocycles. The quantitative estimate of drug-likeness (QED) is 0.643. The van der Waals surface area contributed by atoms with Crippen LogP contribution in [0.15, 0.2) is 12.1 Å². The highest BCUT2D eigenvalue weighted by atomic mass is 19.1. The number of piperidine rings is 2. The highest BCUT2D eigenvalue weighted by Crippen LogP contribution is 2.49. The Labute approximate surface area is 177 Å². The van der Waals surface area contributed by atoms with E-state index in [4.69, 9.17) is 10.1 Å². The number of carbonyl (C=O) groups is 1. The fourth-order valence-electron chi connectivity index (χ4n) is 6.14. The van der Waals surface area contributed by atoms with Gasteiger partial charge in [-0.05, 0) is 68.9 Å². The molecule has 3 saturated carbocycles. The predicted molar refractivity (Wildman–Crippen MR) is 115 cm³/mol. The van der Waals surface area contributed by atoms with Crippen molar-refractivity contribution in [1.82, 2.24) is 4.90 Å². The van der Waals surface area contributed by atoms with Crippen LogP contribution in [-0.4, -0.2) is 41.8 Å². The highest BCUT2D eigenvalue weighted by molar-refractivity contribution is 6.06. The Balaban J connectivity index is 1.32. The molecule has 162 valence electrons. The Morgan fingerprint density at radius 1 is 1.20 bits per heavy atom. The number of carbonyl (C=O) groups excluding carboxylic acids is 1. The summed E-state index contributed by atoms with van der Waals surface area (Å²) in [5.41, 5.74) is 0.961. The molecule has 30 heavy (non-hydrogen) atoms. The Morgan fingerprint density at radius 2 is 1.83 bits per heavy atom. The first-order valence-electron chi connectivity index (χ1n) is 11.5. The maximum atomic E-state index is 15.2. The van der Waals surface area contributed by atoms with E-state index in [9.17, 15) is 4.79 Å². The molecule has 2 saturated heterocycles. The summed E-state index contributed by atoms with van der Waals surface area (Å²) in [5, 5.41) is 11.7. The van der Waals surface area contributed by atoms with Gasteiger partial charge in [-0.3, -0.25) is 4.79 Å². The summed E-state index contributed by atoms with van der Waals surface area (Å²) in [6.07, 6.45) is 8.17. The van der Waals surface area contributed by atoms with E-state index in [-0.39, 0.29) is 41.4 Å². The number of anilines is 1. The van der Waals surface area contributed by atoms with Gasteiger partial charge >= 0.3 is 0 Å². The zero-order valence-electron chi connectivity index (χ0n) is 17.9. The average molecular weight is 414 g/mol. The zero-order chi connectivity index (χ0) is 21.0. The normalized spacial score (nSPS) is 30.3. The molecule has 1 unspecified atom stereocenters. The van der Waals surface area contributed by atoms with Crippen molar-refractivity contribution >= 4 is 17.3 Å². The van der Waals surface area contributed by atoms with Crippen LogP contribution in [0.25, 0.3) is 0 Å². The van der Waals surface area contributed by atoms with Gasteiger partial charge in [0.1, 0.15) is 0 Å². The molecular formula is C24H32FN3O2. The van der Waals surface area contributed by atoms with Gasteiger partial charge in [-0.15, -0.1) is 0 Å². The first kappa shape index (κ1) is 19.8. The number of hydrogen-bond donors (Lipinski definition) is 2. The van der Waals surface area contributed by atoms with Crippen molar-refractivity contribution in [3.63, 3.8) is 0 Å². The van der Waals surface area contributed by atoms with Gasteiger partial charge in [0.05, 0.1) is 11.7 Å². The number of ether oxygens (including phenoxy) is 1. The number of benzene rings is 1. The van der Waals surface area contributed by atoms with Gasteiger partial charge in [0.15, 0.2) is 11.6 Å². The van der Waals surface area contributed by atoms with Crippen LogP contribution in [0.2, 0.25) is 0 Å². The minimum absolute atomic E-state index is 0.0886. The number of nitrogens with one attached hydrogen (secondary N) is 2. The van der Waals surface area contributed by atoms with Gasteiger partial charge in [-0.25, -0.2) is 4.39 Å². The highest BCUT2D eigenvalue weighted by Gasteiger charge is 2.48. The molecule has 1 aromatic carbocycles. The first-order chi connectivity index (χ1) is 14.4. The lowest BCUT2D eigenvalue weighted by atomic mass is 9.63. The standard InChI is InChI=1S/C24H32FN3O2/c1-13(7-21(29)28-16-9-14-8-15(11-16)12-17(28)10-14)24(26)22-19(27-2)5-6-20(23(22)25)30-18-3-4-18/h5-6,13-18,26-27H,3-4,7-12H2,1-2H3. The van der Waals surface area contributed by atoms with E-state index >= 15 is 4.39 Å². The summed E-state index contributed by atoms with van der Waals surface area (Å²) in [7, 11) is 1.73. The van der Waals surface area contributed by atoms with Crippen molar-refractivity contribution in [2.24, 2.45) is 17.8 Å². The molecule has 2 aliphatic heterocycles. The van der Waals surface area contributed by atoms with Crippen LogP contribution in [-0.2, 0) is 4.79 Å². The largest absolute Gasteiger partial charge is 0.487 e. The number of hydrogen-bond acceptors (Lipinski definition) is 4. The summed E-state index contributed by atoms with van der Waals surface area (Å²) in [4.78, 5) is 15.4. The molecule has 1 aromatic rings.